The van der Waals surface area contributed by atoms with Crippen LogP contribution in [0.25, 0.3) is 11.2 Å². The number of alkyl halides is 3. The number of aromatic amines is 3. The van der Waals surface area contributed by atoms with Crippen LogP contribution in [-0.4, -0.2) is 26.1 Å². The Morgan fingerprint density at radius 3 is 2.47 bits per heavy atom. The average molecular weight is 248 g/mol. The molecule has 0 unspecified atom stereocenters. The number of aryl methyl sites for hydroxylation is 1. The molecule has 0 atom stereocenters. The molecule has 2 heterocycles. The molecule has 0 aliphatic rings. The van der Waals surface area contributed by atoms with E-state index in [0.717, 1.165) is 0 Å². The first kappa shape index (κ1) is 11.4. The molecule has 17 heavy (non-hydrogen) atoms. The molecule has 0 aliphatic heterocycles. The van der Waals surface area contributed by atoms with Crippen molar-refractivity contribution in [2.24, 2.45) is 0 Å². The number of rotatable bonds is 2. The van der Waals surface area contributed by atoms with Gasteiger partial charge in [0, 0.05) is 6.42 Å². The van der Waals surface area contributed by atoms with Crippen LogP contribution in [0, 0.1) is 0 Å². The summed E-state index contributed by atoms with van der Waals surface area (Å²) in [4.78, 5) is 32.4. The van der Waals surface area contributed by atoms with Crippen molar-refractivity contribution in [2.75, 3.05) is 0 Å². The van der Waals surface area contributed by atoms with Gasteiger partial charge in [-0.05, 0) is 0 Å². The second-order valence-corrected chi connectivity index (χ2v) is 3.43. The Labute approximate surface area is 90.9 Å². The van der Waals surface area contributed by atoms with Crippen molar-refractivity contribution >= 4 is 11.2 Å². The topological polar surface area (TPSA) is 94.4 Å². The summed E-state index contributed by atoms with van der Waals surface area (Å²) in [6.45, 7) is 0. The van der Waals surface area contributed by atoms with E-state index in [-0.39, 0.29) is 23.4 Å². The van der Waals surface area contributed by atoms with Crippen molar-refractivity contribution < 1.29 is 13.2 Å². The lowest BCUT2D eigenvalue weighted by atomic mass is 10.3. The Morgan fingerprint density at radius 2 is 1.82 bits per heavy atom. The quantitative estimate of drug-likeness (QED) is 0.719. The van der Waals surface area contributed by atoms with Crippen molar-refractivity contribution in [3.63, 3.8) is 0 Å². The number of hydrogen-bond donors (Lipinski definition) is 3. The van der Waals surface area contributed by atoms with Crippen LogP contribution >= 0.6 is 0 Å². The van der Waals surface area contributed by atoms with Gasteiger partial charge >= 0.3 is 11.9 Å². The first-order valence-corrected chi connectivity index (χ1v) is 4.63. The molecule has 9 heteroatoms. The lowest BCUT2D eigenvalue weighted by Crippen LogP contribution is -2.21. The molecule has 0 fully saturated rings. The van der Waals surface area contributed by atoms with Crippen LogP contribution in [0.5, 0.6) is 0 Å². The molecule has 2 aromatic heterocycles. The predicted octanol–water partition coefficient (Wildman–Crippen LogP) is 0.434. The minimum atomic E-state index is -4.29. The molecule has 0 bridgehead atoms. The summed E-state index contributed by atoms with van der Waals surface area (Å²) < 4.78 is 35.9. The number of aromatic nitrogens is 4. The second-order valence-electron chi connectivity index (χ2n) is 3.43. The van der Waals surface area contributed by atoms with Crippen LogP contribution in [-0.2, 0) is 6.42 Å². The number of imidazole rings is 1. The van der Waals surface area contributed by atoms with E-state index < -0.39 is 23.8 Å². The van der Waals surface area contributed by atoms with Gasteiger partial charge < -0.3 is 4.98 Å². The average Bonchev–Trinajstić information content (AvgIpc) is 2.56. The predicted molar refractivity (Wildman–Crippen MR) is 51.7 cm³/mol. The maximum Gasteiger partial charge on any atom is 0.389 e. The zero-order valence-electron chi connectivity index (χ0n) is 8.31. The Hall–Kier alpha value is -2.06. The van der Waals surface area contributed by atoms with Gasteiger partial charge in [-0.2, -0.15) is 13.2 Å². The summed E-state index contributed by atoms with van der Waals surface area (Å²) in [6.07, 6.45) is -5.71. The van der Waals surface area contributed by atoms with Gasteiger partial charge in [0.25, 0.3) is 5.56 Å². The van der Waals surface area contributed by atoms with Crippen LogP contribution in [0.1, 0.15) is 12.2 Å². The first-order chi connectivity index (χ1) is 7.85. The molecule has 3 N–H and O–H groups in total. The SMILES string of the molecule is O=c1[nH]c(=O)c2[nH]c(CCC(F)(F)F)nc2[nH]1. The Balaban J connectivity index is 2.36. The molecule has 2 aromatic rings. The molecule has 0 saturated heterocycles. The van der Waals surface area contributed by atoms with Crippen molar-refractivity contribution in [3.05, 3.63) is 26.7 Å². The normalized spacial score (nSPS) is 12.2. The largest absolute Gasteiger partial charge is 0.389 e. The molecule has 0 amide bonds. The van der Waals surface area contributed by atoms with Crippen LogP contribution in [0.3, 0.4) is 0 Å². The molecule has 0 saturated carbocycles. The second kappa shape index (κ2) is 3.75. The molecule has 0 aliphatic carbocycles. The van der Waals surface area contributed by atoms with Gasteiger partial charge in [0.15, 0.2) is 5.65 Å². The fourth-order valence-electron chi connectivity index (χ4n) is 1.36. The number of hydrogen-bond acceptors (Lipinski definition) is 3. The monoisotopic (exact) mass is 248 g/mol. The Bertz CT molecular complexity index is 651. The lowest BCUT2D eigenvalue weighted by Gasteiger charge is -2.02. The molecule has 2 rings (SSSR count). The molecule has 0 spiro atoms. The standard InChI is InChI=1S/C8H7F3N4O2/c9-8(10,11)2-1-3-12-4-5(13-3)14-7(17)15-6(4)16/h1-2H2,(H3,12,13,14,15,16,17). The van der Waals surface area contributed by atoms with Crippen LogP contribution in [0.2, 0.25) is 0 Å². The van der Waals surface area contributed by atoms with Gasteiger partial charge in [0.05, 0.1) is 6.42 Å². The smallest absolute Gasteiger partial charge is 0.336 e. The van der Waals surface area contributed by atoms with Gasteiger partial charge in [-0.15, -0.1) is 0 Å². The third-order valence-electron chi connectivity index (χ3n) is 2.08. The maximum absolute atomic E-state index is 12.0. The Kier molecular flexibility index (Phi) is 2.52. The first-order valence-electron chi connectivity index (χ1n) is 4.63. The third kappa shape index (κ3) is 2.55. The number of H-pyrrole nitrogens is 3. The molecule has 92 valence electrons. The summed E-state index contributed by atoms with van der Waals surface area (Å²) >= 11 is 0. The highest BCUT2D eigenvalue weighted by molar-refractivity contribution is 5.68. The molecular formula is C8H7F3N4O2. The van der Waals surface area contributed by atoms with Crippen molar-refractivity contribution in [1.82, 2.24) is 19.9 Å². The zero-order chi connectivity index (χ0) is 12.6. The molecule has 0 radical (unpaired) electrons. The zero-order valence-corrected chi connectivity index (χ0v) is 8.31. The molecular weight excluding hydrogens is 241 g/mol. The van der Waals surface area contributed by atoms with Crippen LogP contribution < -0.4 is 11.2 Å². The maximum atomic E-state index is 12.0. The number of nitrogens with zero attached hydrogens (tertiary/aromatic N) is 1. The van der Waals surface area contributed by atoms with Crippen LogP contribution in [0.15, 0.2) is 9.59 Å². The molecule has 6 nitrogen and oxygen atoms in total. The molecule has 0 aromatic carbocycles. The van der Waals surface area contributed by atoms with E-state index in [1.54, 1.807) is 0 Å². The van der Waals surface area contributed by atoms with Crippen LogP contribution in [0.4, 0.5) is 13.2 Å². The van der Waals surface area contributed by atoms with E-state index in [2.05, 4.69) is 15.0 Å². The van der Waals surface area contributed by atoms with E-state index in [4.69, 9.17) is 0 Å². The van der Waals surface area contributed by atoms with E-state index >= 15 is 0 Å². The van der Waals surface area contributed by atoms with E-state index in [1.807, 2.05) is 4.98 Å². The van der Waals surface area contributed by atoms with Gasteiger partial charge in [0.1, 0.15) is 11.3 Å². The minimum Gasteiger partial charge on any atom is -0.336 e. The third-order valence-corrected chi connectivity index (χ3v) is 2.08. The Morgan fingerprint density at radius 1 is 1.12 bits per heavy atom. The lowest BCUT2D eigenvalue weighted by molar-refractivity contribution is -0.134. The minimum absolute atomic E-state index is 0.00433. The van der Waals surface area contributed by atoms with Crippen molar-refractivity contribution in [3.8, 4) is 0 Å². The van der Waals surface area contributed by atoms with E-state index in [0.29, 0.717) is 0 Å². The number of halogens is 3. The van der Waals surface area contributed by atoms with E-state index in [1.165, 1.54) is 0 Å². The highest BCUT2D eigenvalue weighted by Crippen LogP contribution is 2.21. The summed E-state index contributed by atoms with van der Waals surface area (Å²) in [6, 6.07) is 0. The van der Waals surface area contributed by atoms with Gasteiger partial charge in [-0.3, -0.25) is 14.8 Å². The summed E-state index contributed by atoms with van der Waals surface area (Å²) in [5, 5.41) is 0. The number of nitrogens with one attached hydrogen (secondary N) is 3. The number of fused-ring (bicyclic) bond motifs is 1. The van der Waals surface area contributed by atoms with Gasteiger partial charge in [-0.1, -0.05) is 0 Å². The van der Waals surface area contributed by atoms with E-state index in [9.17, 15) is 22.8 Å². The summed E-state index contributed by atoms with van der Waals surface area (Å²) in [7, 11) is 0. The van der Waals surface area contributed by atoms with Crippen molar-refractivity contribution in [2.45, 2.75) is 19.0 Å². The fraction of sp³-hybridized carbons (Fsp3) is 0.375. The highest BCUT2D eigenvalue weighted by Gasteiger charge is 2.27. The summed E-state index contributed by atoms with van der Waals surface area (Å²) in [5.74, 6) is 0.00433. The van der Waals surface area contributed by atoms with Crippen molar-refractivity contribution in [1.29, 1.82) is 0 Å². The fourth-order valence-corrected chi connectivity index (χ4v) is 1.36. The highest BCUT2D eigenvalue weighted by atomic mass is 19.4. The van der Waals surface area contributed by atoms with Gasteiger partial charge in [-0.25, -0.2) is 9.78 Å². The van der Waals surface area contributed by atoms with Gasteiger partial charge in [0.2, 0.25) is 0 Å². The summed E-state index contributed by atoms with van der Waals surface area (Å²) in [5.41, 5.74) is -1.55.